The molecule has 1 unspecified atom stereocenters. The molecule has 9 heteroatoms. The van der Waals surface area contributed by atoms with E-state index in [0.717, 1.165) is 22.6 Å². The van der Waals surface area contributed by atoms with Gasteiger partial charge in [0.25, 0.3) is 5.91 Å². The van der Waals surface area contributed by atoms with Crippen LogP contribution >= 0.6 is 0 Å². The topological polar surface area (TPSA) is 83.8 Å². The van der Waals surface area contributed by atoms with Crippen molar-refractivity contribution in [3.05, 3.63) is 35.3 Å². The Balaban J connectivity index is 2.05. The number of hydrogen-bond acceptors (Lipinski definition) is 6. The Labute approximate surface area is 169 Å². The van der Waals surface area contributed by atoms with Crippen LogP contribution < -0.4 is 15.4 Å². The molecule has 0 spiro atoms. The number of hydrogen-bond donors (Lipinski definition) is 2. The van der Waals surface area contributed by atoms with E-state index < -0.39 is 6.67 Å². The van der Waals surface area contributed by atoms with Gasteiger partial charge in [0.2, 0.25) is 0 Å². The van der Waals surface area contributed by atoms with Crippen molar-refractivity contribution in [2.45, 2.75) is 26.6 Å². The lowest BCUT2D eigenvalue weighted by Crippen LogP contribution is -2.38. The van der Waals surface area contributed by atoms with Crippen LogP contribution in [0.5, 0.6) is 5.75 Å². The van der Waals surface area contributed by atoms with E-state index in [9.17, 15) is 9.18 Å². The van der Waals surface area contributed by atoms with Crippen molar-refractivity contribution in [3.8, 4) is 5.75 Å². The van der Waals surface area contributed by atoms with Crippen molar-refractivity contribution >= 4 is 22.8 Å². The maximum absolute atomic E-state index is 12.5. The molecule has 3 heterocycles. The van der Waals surface area contributed by atoms with Crippen molar-refractivity contribution in [1.29, 1.82) is 0 Å². The first-order chi connectivity index (χ1) is 13.8. The van der Waals surface area contributed by atoms with E-state index in [0.29, 0.717) is 23.4 Å². The zero-order valence-electron chi connectivity index (χ0n) is 17.4. The average molecular weight is 402 g/mol. The Hall–Kier alpha value is -3.10. The lowest BCUT2D eigenvalue weighted by atomic mass is 10.1. The molecule has 0 saturated heterocycles. The lowest BCUT2D eigenvalue weighted by molar-refractivity contribution is 0.0952. The van der Waals surface area contributed by atoms with E-state index in [4.69, 9.17) is 4.74 Å². The van der Waals surface area contributed by atoms with Gasteiger partial charge in [-0.25, -0.2) is 14.4 Å². The molecule has 3 rings (SSSR count). The van der Waals surface area contributed by atoms with Crippen molar-refractivity contribution in [1.82, 2.24) is 25.1 Å². The van der Waals surface area contributed by atoms with Crippen molar-refractivity contribution in [3.63, 3.8) is 0 Å². The summed E-state index contributed by atoms with van der Waals surface area (Å²) in [7, 11) is 5.50. The smallest absolute Gasteiger partial charge is 0.255 e. The molecule has 1 amide bonds. The summed E-state index contributed by atoms with van der Waals surface area (Å²) >= 11 is 0. The molecule has 156 valence electrons. The summed E-state index contributed by atoms with van der Waals surface area (Å²) in [5, 5.41) is 5.98. The number of aliphatic imine (C=N–C) groups is 1. The number of fused-ring (bicyclic) bond motifs is 1. The predicted molar refractivity (Wildman–Crippen MR) is 111 cm³/mol. The van der Waals surface area contributed by atoms with Crippen molar-refractivity contribution in [2.24, 2.45) is 4.99 Å². The zero-order valence-corrected chi connectivity index (χ0v) is 17.4. The van der Waals surface area contributed by atoms with Crippen LogP contribution in [0, 0.1) is 0 Å². The number of aromatic nitrogens is 2. The molecule has 0 aromatic carbocycles. The van der Waals surface area contributed by atoms with Crippen molar-refractivity contribution in [2.75, 3.05) is 34.4 Å². The molecule has 0 saturated carbocycles. The average Bonchev–Trinajstić information content (AvgIpc) is 3.06. The molecule has 0 bridgehead atoms. The molecule has 2 N–H and O–H groups in total. The van der Waals surface area contributed by atoms with E-state index in [1.807, 2.05) is 43.5 Å². The first kappa shape index (κ1) is 20.6. The number of nitrogens with one attached hydrogen (secondary N) is 2. The summed E-state index contributed by atoms with van der Waals surface area (Å²) in [6, 6.07) is 1.84. The van der Waals surface area contributed by atoms with Gasteiger partial charge >= 0.3 is 0 Å². The predicted octanol–water partition coefficient (Wildman–Crippen LogP) is 1.93. The molecule has 29 heavy (non-hydrogen) atoms. The first-order valence-electron chi connectivity index (χ1n) is 9.44. The summed E-state index contributed by atoms with van der Waals surface area (Å²) in [6.45, 7) is 3.86. The highest BCUT2D eigenvalue weighted by molar-refractivity contribution is 6.05. The van der Waals surface area contributed by atoms with Crippen LogP contribution in [0.4, 0.5) is 4.39 Å². The minimum Gasteiger partial charge on any atom is -0.495 e. The third-order valence-electron chi connectivity index (χ3n) is 4.79. The fraction of sp³-hybridized carbons (Fsp3) is 0.450. The normalized spacial score (nSPS) is 16.5. The number of carbonyl (C=O) groups is 1. The number of amidine groups is 1. The molecule has 1 atom stereocenters. The number of methoxy groups -OCH3 is 1. The number of alkyl halides is 1. The van der Waals surface area contributed by atoms with E-state index in [2.05, 4.69) is 20.6 Å². The van der Waals surface area contributed by atoms with Crippen LogP contribution in [0.15, 0.2) is 34.7 Å². The van der Waals surface area contributed by atoms with Gasteiger partial charge in [-0.3, -0.25) is 4.79 Å². The number of allylic oxidation sites excluding steroid dienone is 1. The zero-order chi connectivity index (χ0) is 21.1. The summed E-state index contributed by atoms with van der Waals surface area (Å²) < 4.78 is 19.8. The second kappa shape index (κ2) is 8.50. The van der Waals surface area contributed by atoms with E-state index in [-0.39, 0.29) is 18.6 Å². The maximum atomic E-state index is 12.5. The lowest BCUT2D eigenvalue weighted by Gasteiger charge is -2.28. The van der Waals surface area contributed by atoms with Crippen LogP contribution in [-0.4, -0.2) is 66.8 Å². The van der Waals surface area contributed by atoms with Gasteiger partial charge in [-0.15, -0.1) is 0 Å². The maximum Gasteiger partial charge on any atom is 0.255 e. The first-order valence-corrected chi connectivity index (χ1v) is 9.44. The van der Waals surface area contributed by atoms with E-state index in [1.54, 1.807) is 19.5 Å². The number of ether oxygens (including phenoxy) is 1. The molecular weight excluding hydrogens is 375 g/mol. The second-order valence-corrected chi connectivity index (χ2v) is 7.13. The van der Waals surface area contributed by atoms with Gasteiger partial charge in [-0.05, 0) is 13.8 Å². The summed E-state index contributed by atoms with van der Waals surface area (Å²) in [6.07, 6.45) is 3.26. The minimum absolute atomic E-state index is 0.0341. The third kappa shape index (κ3) is 4.18. The molecule has 8 nitrogen and oxygen atoms in total. The molecular formula is C20H27FN6O2. The highest BCUT2D eigenvalue weighted by Gasteiger charge is 2.22. The Morgan fingerprint density at radius 1 is 1.45 bits per heavy atom. The summed E-state index contributed by atoms with van der Waals surface area (Å²) in [4.78, 5) is 23.6. The Bertz CT molecular complexity index is 979. The summed E-state index contributed by atoms with van der Waals surface area (Å²) in [5.41, 5.74) is 3.75. The largest absolute Gasteiger partial charge is 0.495 e. The number of carbonyl (C=O) groups excluding carboxylic acids is 1. The van der Waals surface area contributed by atoms with Gasteiger partial charge in [0, 0.05) is 44.2 Å². The Morgan fingerprint density at radius 3 is 2.86 bits per heavy atom. The van der Waals surface area contributed by atoms with E-state index >= 15 is 0 Å². The molecule has 2 aromatic heterocycles. The Morgan fingerprint density at radius 2 is 2.21 bits per heavy atom. The van der Waals surface area contributed by atoms with Crippen LogP contribution in [0.25, 0.3) is 11.0 Å². The van der Waals surface area contributed by atoms with Gasteiger partial charge in [0.1, 0.15) is 29.9 Å². The fourth-order valence-corrected chi connectivity index (χ4v) is 3.41. The molecule has 0 fully saturated rings. The second-order valence-electron chi connectivity index (χ2n) is 7.13. The number of likely N-dealkylation sites (N-methyl/N-ethyl adjacent to an activating group) is 1. The number of halogens is 1. The van der Waals surface area contributed by atoms with Gasteiger partial charge in [-0.2, -0.15) is 0 Å². The minimum atomic E-state index is -0.619. The SMILES string of the molecule is COc1cnc2c(C(=O)NCCF)cn(CC3=C(C)C(N(C)C)=NC(C)N3)c2c1. The molecule has 1 aliphatic rings. The molecule has 1 aliphatic heterocycles. The van der Waals surface area contributed by atoms with Crippen LogP contribution in [-0.2, 0) is 6.54 Å². The highest BCUT2D eigenvalue weighted by atomic mass is 19.1. The van der Waals surface area contributed by atoms with Gasteiger partial charge < -0.3 is 24.8 Å². The molecule has 2 aromatic rings. The standard InChI is InChI=1S/C20H27FN6O2/c1-12-16(24-13(2)25-19(12)26(3)4)11-27-10-15(20(28)22-7-6-21)18-17(27)8-14(29-5)9-23-18/h8-10,13,24H,6-7,11H2,1-5H3,(H,22,28). The van der Waals surface area contributed by atoms with Gasteiger partial charge in [-0.1, -0.05) is 0 Å². The van der Waals surface area contributed by atoms with E-state index in [1.165, 1.54) is 0 Å². The van der Waals surface area contributed by atoms with Crippen LogP contribution in [0.2, 0.25) is 0 Å². The monoisotopic (exact) mass is 402 g/mol. The summed E-state index contributed by atoms with van der Waals surface area (Å²) in [5.74, 6) is 1.16. The molecule has 0 aliphatic carbocycles. The van der Waals surface area contributed by atoms with Crippen LogP contribution in [0.1, 0.15) is 24.2 Å². The molecule has 0 radical (unpaired) electrons. The highest BCUT2D eigenvalue weighted by Crippen LogP contribution is 2.25. The van der Waals surface area contributed by atoms with Gasteiger partial charge in [0.05, 0.1) is 30.9 Å². The number of nitrogens with zero attached hydrogens (tertiary/aromatic N) is 4. The third-order valence-corrected chi connectivity index (χ3v) is 4.79. The number of pyridine rings is 1. The van der Waals surface area contributed by atoms with Gasteiger partial charge in [0.15, 0.2) is 0 Å². The fourth-order valence-electron chi connectivity index (χ4n) is 3.41. The quantitative estimate of drug-likeness (QED) is 0.771. The van der Waals surface area contributed by atoms with Crippen molar-refractivity contribution < 1.29 is 13.9 Å². The van der Waals surface area contributed by atoms with Crippen LogP contribution in [0.3, 0.4) is 0 Å². The Kier molecular flexibility index (Phi) is 6.05. The number of rotatable bonds is 6. The number of amides is 1.